The Balaban J connectivity index is 2.02. The minimum atomic E-state index is -0.566. The van der Waals surface area contributed by atoms with Crippen LogP contribution in [0.2, 0.25) is 0 Å². The molecule has 0 amide bonds. The van der Waals surface area contributed by atoms with Gasteiger partial charge in [-0.05, 0) is 20.5 Å². The van der Waals surface area contributed by atoms with E-state index < -0.39 is 5.79 Å². The smallest absolute Gasteiger partial charge is 0.175 e. The molecule has 0 bridgehead atoms. The average Bonchev–Trinajstić information content (AvgIpc) is 2.52. The minimum absolute atomic E-state index is 0.0495. The summed E-state index contributed by atoms with van der Waals surface area (Å²) in [6.45, 7) is 1.25. The van der Waals surface area contributed by atoms with Crippen molar-refractivity contribution in [2.24, 2.45) is 0 Å². The summed E-state index contributed by atoms with van der Waals surface area (Å²) in [5.74, 6) is -0.327. The number of hydrogen-bond acceptors (Lipinski definition) is 4. The molecule has 14 heavy (non-hydrogen) atoms. The molecule has 1 saturated heterocycles. The fraction of sp³-hybridized carbons (Fsp3) is 0.900. The Morgan fingerprint density at radius 1 is 1.36 bits per heavy atom. The second kappa shape index (κ2) is 3.61. The van der Waals surface area contributed by atoms with E-state index in [1.165, 1.54) is 0 Å². The highest BCUT2D eigenvalue weighted by Gasteiger charge is 2.44. The zero-order valence-corrected chi connectivity index (χ0v) is 8.78. The second-order valence-electron chi connectivity index (χ2n) is 4.27. The predicted molar refractivity (Wildman–Crippen MR) is 51.0 cm³/mol. The third-order valence-electron chi connectivity index (χ3n) is 3.05. The summed E-state index contributed by atoms with van der Waals surface area (Å²) >= 11 is 0. The summed E-state index contributed by atoms with van der Waals surface area (Å²) in [4.78, 5) is 13.8. The van der Waals surface area contributed by atoms with Gasteiger partial charge in [0.1, 0.15) is 0 Å². The van der Waals surface area contributed by atoms with Crippen LogP contribution < -0.4 is 0 Å². The molecule has 2 fully saturated rings. The summed E-state index contributed by atoms with van der Waals surface area (Å²) < 4.78 is 11.0. The zero-order chi connectivity index (χ0) is 10.2. The zero-order valence-electron chi connectivity index (χ0n) is 8.78. The molecule has 0 aromatic carbocycles. The lowest BCUT2D eigenvalue weighted by molar-refractivity contribution is -0.186. The average molecular weight is 199 g/mol. The number of likely N-dealkylation sites (N-methyl/N-ethyl adjacent to an activating group) is 1. The minimum Gasteiger partial charge on any atom is -0.347 e. The highest BCUT2D eigenvalue weighted by atomic mass is 16.7. The van der Waals surface area contributed by atoms with Crippen LogP contribution in [0.15, 0.2) is 0 Å². The summed E-state index contributed by atoms with van der Waals surface area (Å²) in [5.41, 5.74) is 0. The number of ketones is 1. The molecule has 0 N–H and O–H groups in total. The van der Waals surface area contributed by atoms with Gasteiger partial charge >= 0.3 is 0 Å². The van der Waals surface area contributed by atoms with Crippen LogP contribution in [0.3, 0.4) is 0 Å². The van der Waals surface area contributed by atoms with Gasteiger partial charge in [0, 0.05) is 6.42 Å². The van der Waals surface area contributed by atoms with E-state index >= 15 is 0 Å². The summed E-state index contributed by atoms with van der Waals surface area (Å²) in [7, 11) is 3.88. The summed E-state index contributed by atoms with van der Waals surface area (Å²) in [6, 6.07) is 0.0495. The van der Waals surface area contributed by atoms with Crippen LogP contribution in [0.25, 0.3) is 0 Å². The molecule has 1 aliphatic heterocycles. The first-order valence-corrected chi connectivity index (χ1v) is 5.10. The van der Waals surface area contributed by atoms with Crippen LogP contribution in [0.5, 0.6) is 0 Å². The molecule has 1 spiro atoms. The number of Topliss-reactive ketones (excluding diaryl/α,β-unsaturated/α-hetero) is 1. The number of hydrogen-bond donors (Lipinski definition) is 0. The van der Waals surface area contributed by atoms with Crippen LogP contribution in [0.4, 0.5) is 0 Å². The molecule has 1 atom stereocenters. The van der Waals surface area contributed by atoms with Crippen molar-refractivity contribution in [3.63, 3.8) is 0 Å². The molecule has 1 heterocycles. The van der Waals surface area contributed by atoms with Crippen LogP contribution in [-0.2, 0) is 14.3 Å². The summed E-state index contributed by atoms with van der Waals surface area (Å²) in [6.07, 6.45) is 2.09. The van der Waals surface area contributed by atoms with Crippen molar-refractivity contribution >= 4 is 5.78 Å². The molecule has 1 unspecified atom stereocenters. The lowest BCUT2D eigenvalue weighted by Crippen LogP contribution is -2.47. The van der Waals surface area contributed by atoms with Gasteiger partial charge in [-0.15, -0.1) is 0 Å². The first-order chi connectivity index (χ1) is 6.63. The highest BCUT2D eigenvalue weighted by molar-refractivity contribution is 5.85. The number of rotatable bonds is 1. The Hall–Kier alpha value is -0.450. The van der Waals surface area contributed by atoms with E-state index in [0.717, 1.165) is 12.8 Å². The molecule has 2 rings (SSSR count). The van der Waals surface area contributed by atoms with E-state index in [0.29, 0.717) is 19.6 Å². The highest BCUT2D eigenvalue weighted by Crippen LogP contribution is 2.34. The molecule has 0 aromatic heterocycles. The van der Waals surface area contributed by atoms with E-state index in [4.69, 9.17) is 9.47 Å². The fourth-order valence-corrected chi connectivity index (χ4v) is 2.28. The topological polar surface area (TPSA) is 38.8 Å². The fourth-order valence-electron chi connectivity index (χ4n) is 2.28. The van der Waals surface area contributed by atoms with Crippen molar-refractivity contribution in [2.75, 3.05) is 27.3 Å². The van der Waals surface area contributed by atoms with Gasteiger partial charge in [-0.2, -0.15) is 0 Å². The first kappa shape index (κ1) is 10.1. The molecule has 4 heteroatoms. The van der Waals surface area contributed by atoms with Crippen LogP contribution in [0, 0.1) is 0 Å². The second-order valence-corrected chi connectivity index (χ2v) is 4.27. The van der Waals surface area contributed by atoms with Crippen molar-refractivity contribution in [3.05, 3.63) is 0 Å². The maximum absolute atomic E-state index is 11.8. The van der Waals surface area contributed by atoms with Gasteiger partial charge in [-0.25, -0.2) is 0 Å². The Morgan fingerprint density at radius 3 is 2.50 bits per heavy atom. The van der Waals surface area contributed by atoms with Gasteiger partial charge in [0.2, 0.25) is 0 Å². The van der Waals surface area contributed by atoms with Gasteiger partial charge in [0.05, 0.1) is 25.7 Å². The molecular formula is C10H17NO3. The van der Waals surface area contributed by atoms with Gasteiger partial charge in [0.15, 0.2) is 11.6 Å². The lowest BCUT2D eigenvalue weighted by atomic mass is 9.88. The Kier molecular flexibility index (Phi) is 2.60. The van der Waals surface area contributed by atoms with Crippen molar-refractivity contribution in [1.82, 2.24) is 4.90 Å². The van der Waals surface area contributed by atoms with Gasteiger partial charge in [-0.3, -0.25) is 9.69 Å². The number of carbonyl (C=O) groups excluding carboxylic acids is 1. The van der Waals surface area contributed by atoms with Gasteiger partial charge in [-0.1, -0.05) is 0 Å². The SMILES string of the molecule is CN(C)C1CCC2(CC1=O)OCCO2. The van der Waals surface area contributed by atoms with Crippen LogP contribution in [0.1, 0.15) is 19.3 Å². The molecule has 1 aliphatic carbocycles. The largest absolute Gasteiger partial charge is 0.347 e. The molecule has 1 saturated carbocycles. The maximum Gasteiger partial charge on any atom is 0.175 e. The van der Waals surface area contributed by atoms with Gasteiger partial charge in [0.25, 0.3) is 0 Å². The summed E-state index contributed by atoms with van der Waals surface area (Å²) in [5, 5.41) is 0. The predicted octanol–water partition coefficient (Wildman–Crippen LogP) is 0.413. The normalized spacial score (nSPS) is 31.6. The van der Waals surface area contributed by atoms with Gasteiger partial charge < -0.3 is 9.47 Å². The Labute approximate surface area is 84.2 Å². The number of ether oxygens (including phenoxy) is 2. The maximum atomic E-state index is 11.8. The first-order valence-electron chi connectivity index (χ1n) is 5.10. The molecular weight excluding hydrogens is 182 g/mol. The Bertz CT molecular complexity index is 234. The van der Waals surface area contributed by atoms with E-state index in [2.05, 4.69) is 0 Å². The monoisotopic (exact) mass is 199 g/mol. The van der Waals surface area contributed by atoms with Crippen molar-refractivity contribution in [1.29, 1.82) is 0 Å². The Morgan fingerprint density at radius 2 is 2.00 bits per heavy atom. The standard InChI is InChI=1S/C10H17NO3/c1-11(2)8-3-4-10(7-9(8)12)13-5-6-14-10/h8H,3-7H2,1-2H3. The van der Waals surface area contributed by atoms with Crippen molar-refractivity contribution < 1.29 is 14.3 Å². The molecule has 80 valence electrons. The quantitative estimate of drug-likeness (QED) is 0.613. The van der Waals surface area contributed by atoms with Crippen LogP contribution >= 0.6 is 0 Å². The number of nitrogens with zero attached hydrogens (tertiary/aromatic N) is 1. The lowest BCUT2D eigenvalue weighted by Gasteiger charge is -2.36. The van der Waals surface area contributed by atoms with E-state index in [1.54, 1.807) is 0 Å². The van der Waals surface area contributed by atoms with E-state index in [9.17, 15) is 4.79 Å². The molecule has 0 radical (unpaired) electrons. The molecule has 2 aliphatic rings. The molecule has 0 aromatic rings. The van der Waals surface area contributed by atoms with Crippen molar-refractivity contribution in [3.8, 4) is 0 Å². The third-order valence-corrected chi connectivity index (χ3v) is 3.05. The van der Waals surface area contributed by atoms with E-state index in [1.807, 2.05) is 19.0 Å². The van der Waals surface area contributed by atoms with Crippen molar-refractivity contribution in [2.45, 2.75) is 31.1 Å². The third kappa shape index (κ3) is 1.69. The van der Waals surface area contributed by atoms with Crippen LogP contribution in [-0.4, -0.2) is 49.8 Å². The number of carbonyl (C=O) groups is 1. The van der Waals surface area contributed by atoms with E-state index in [-0.39, 0.29) is 11.8 Å². The molecule has 4 nitrogen and oxygen atoms in total.